The van der Waals surface area contributed by atoms with Crippen LogP contribution in [0.25, 0.3) is 0 Å². The SMILES string of the molecule is CC(C)COCCC1(CNC(C)C)CCOC1C. The van der Waals surface area contributed by atoms with E-state index in [9.17, 15) is 0 Å². The molecule has 3 nitrogen and oxygen atoms in total. The van der Waals surface area contributed by atoms with Crippen molar-refractivity contribution in [2.45, 2.75) is 59.6 Å². The summed E-state index contributed by atoms with van der Waals surface area (Å²) in [5.74, 6) is 0.618. The highest BCUT2D eigenvalue weighted by Gasteiger charge is 2.40. The standard InChI is InChI=1S/C15H31NO2/c1-12(2)10-17-8-6-15(11-16-13(3)4)7-9-18-14(15)5/h12-14,16H,6-11H2,1-5H3. The Kier molecular flexibility index (Phi) is 6.61. The lowest BCUT2D eigenvalue weighted by molar-refractivity contribution is 0.0273. The fraction of sp³-hybridized carbons (Fsp3) is 1.00. The van der Waals surface area contributed by atoms with E-state index in [4.69, 9.17) is 9.47 Å². The molecule has 1 aliphatic heterocycles. The monoisotopic (exact) mass is 257 g/mol. The van der Waals surface area contributed by atoms with Gasteiger partial charge in [-0.05, 0) is 25.7 Å². The van der Waals surface area contributed by atoms with E-state index in [0.29, 0.717) is 18.1 Å². The van der Waals surface area contributed by atoms with Gasteiger partial charge in [-0.15, -0.1) is 0 Å². The molecule has 1 aliphatic rings. The Morgan fingerprint density at radius 3 is 2.56 bits per heavy atom. The Morgan fingerprint density at radius 2 is 2.06 bits per heavy atom. The van der Waals surface area contributed by atoms with Crippen LogP contribution >= 0.6 is 0 Å². The number of nitrogens with one attached hydrogen (secondary N) is 1. The van der Waals surface area contributed by atoms with Crippen LogP contribution in [-0.2, 0) is 9.47 Å². The van der Waals surface area contributed by atoms with Crippen molar-refractivity contribution in [2.24, 2.45) is 11.3 Å². The highest BCUT2D eigenvalue weighted by molar-refractivity contribution is 4.91. The average molecular weight is 257 g/mol. The summed E-state index contributed by atoms with van der Waals surface area (Å²) in [6.07, 6.45) is 2.59. The molecule has 18 heavy (non-hydrogen) atoms. The summed E-state index contributed by atoms with van der Waals surface area (Å²) in [6, 6.07) is 0.534. The van der Waals surface area contributed by atoms with Crippen LogP contribution in [0.2, 0.25) is 0 Å². The van der Waals surface area contributed by atoms with Crippen LogP contribution in [0.4, 0.5) is 0 Å². The van der Waals surface area contributed by atoms with Crippen molar-refractivity contribution >= 4 is 0 Å². The van der Waals surface area contributed by atoms with E-state index in [-0.39, 0.29) is 5.41 Å². The minimum Gasteiger partial charge on any atom is -0.381 e. The van der Waals surface area contributed by atoms with Crippen LogP contribution in [0.15, 0.2) is 0 Å². The van der Waals surface area contributed by atoms with Gasteiger partial charge >= 0.3 is 0 Å². The maximum atomic E-state index is 5.78. The van der Waals surface area contributed by atoms with Crippen LogP contribution in [-0.4, -0.2) is 38.5 Å². The topological polar surface area (TPSA) is 30.5 Å². The average Bonchev–Trinajstić information content (AvgIpc) is 2.64. The smallest absolute Gasteiger partial charge is 0.0617 e. The molecular formula is C15H31NO2. The predicted molar refractivity (Wildman–Crippen MR) is 75.9 cm³/mol. The van der Waals surface area contributed by atoms with Crippen LogP contribution < -0.4 is 5.32 Å². The van der Waals surface area contributed by atoms with Gasteiger partial charge in [-0.25, -0.2) is 0 Å². The van der Waals surface area contributed by atoms with E-state index in [2.05, 4.69) is 39.9 Å². The van der Waals surface area contributed by atoms with Gasteiger partial charge in [-0.2, -0.15) is 0 Å². The van der Waals surface area contributed by atoms with Crippen molar-refractivity contribution < 1.29 is 9.47 Å². The molecule has 3 heteroatoms. The Bertz CT molecular complexity index is 231. The first-order chi connectivity index (χ1) is 8.46. The maximum Gasteiger partial charge on any atom is 0.0617 e. The van der Waals surface area contributed by atoms with Crippen molar-refractivity contribution in [3.05, 3.63) is 0 Å². The second kappa shape index (κ2) is 7.46. The van der Waals surface area contributed by atoms with Gasteiger partial charge in [0.25, 0.3) is 0 Å². The van der Waals surface area contributed by atoms with E-state index in [1.165, 1.54) is 0 Å². The van der Waals surface area contributed by atoms with Gasteiger partial charge in [0.2, 0.25) is 0 Å². The van der Waals surface area contributed by atoms with Gasteiger partial charge in [0.05, 0.1) is 6.10 Å². The summed E-state index contributed by atoms with van der Waals surface area (Å²) in [5, 5.41) is 3.57. The van der Waals surface area contributed by atoms with Gasteiger partial charge in [-0.3, -0.25) is 0 Å². The zero-order valence-electron chi connectivity index (χ0n) is 12.8. The van der Waals surface area contributed by atoms with E-state index >= 15 is 0 Å². The molecule has 0 aromatic rings. The number of rotatable bonds is 8. The van der Waals surface area contributed by atoms with Gasteiger partial charge in [0, 0.05) is 37.8 Å². The molecule has 1 fully saturated rings. The molecule has 0 saturated carbocycles. The quantitative estimate of drug-likeness (QED) is 0.678. The molecular weight excluding hydrogens is 226 g/mol. The molecule has 0 spiro atoms. The van der Waals surface area contributed by atoms with Crippen LogP contribution in [0, 0.1) is 11.3 Å². The third-order valence-corrected chi connectivity index (χ3v) is 3.89. The van der Waals surface area contributed by atoms with Gasteiger partial charge in [0.1, 0.15) is 0 Å². The Hall–Kier alpha value is -0.120. The van der Waals surface area contributed by atoms with Crippen molar-refractivity contribution in [1.29, 1.82) is 0 Å². The number of hydrogen-bond donors (Lipinski definition) is 1. The molecule has 0 aromatic carbocycles. The van der Waals surface area contributed by atoms with Gasteiger partial charge in [-0.1, -0.05) is 27.7 Å². The molecule has 0 bridgehead atoms. The second-order valence-corrected chi connectivity index (χ2v) is 6.38. The van der Waals surface area contributed by atoms with Crippen LogP contribution in [0.3, 0.4) is 0 Å². The minimum absolute atomic E-state index is 0.265. The first-order valence-electron chi connectivity index (χ1n) is 7.39. The zero-order valence-corrected chi connectivity index (χ0v) is 12.8. The summed E-state index contributed by atoms with van der Waals surface area (Å²) in [6.45, 7) is 14.6. The molecule has 0 aromatic heterocycles. The minimum atomic E-state index is 0.265. The van der Waals surface area contributed by atoms with Crippen LogP contribution in [0.1, 0.15) is 47.5 Å². The normalized spacial score (nSPS) is 28.5. The molecule has 0 aliphatic carbocycles. The van der Waals surface area contributed by atoms with Gasteiger partial charge in [0.15, 0.2) is 0 Å². The Balaban J connectivity index is 2.40. The molecule has 0 radical (unpaired) electrons. The van der Waals surface area contributed by atoms with Crippen molar-refractivity contribution in [3.8, 4) is 0 Å². The van der Waals surface area contributed by atoms with E-state index in [1.54, 1.807) is 0 Å². The molecule has 1 heterocycles. The Morgan fingerprint density at radius 1 is 1.33 bits per heavy atom. The fourth-order valence-electron chi connectivity index (χ4n) is 2.47. The first kappa shape index (κ1) is 15.9. The number of ether oxygens (including phenoxy) is 2. The Labute approximate surface area is 113 Å². The first-order valence-corrected chi connectivity index (χ1v) is 7.39. The molecule has 0 amide bonds. The molecule has 1 saturated heterocycles. The lowest BCUT2D eigenvalue weighted by Gasteiger charge is -2.33. The molecule has 2 atom stereocenters. The summed E-state index contributed by atoms with van der Waals surface area (Å²) in [5.41, 5.74) is 0.265. The molecule has 108 valence electrons. The van der Waals surface area contributed by atoms with Crippen molar-refractivity contribution in [3.63, 3.8) is 0 Å². The molecule has 1 N–H and O–H groups in total. The zero-order chi connectivity index (χ0) is 13.6. The summed E-state index contributed by atoms with van der Waals surface area (Å²) >= 11 is 0. The highest BCUT2D eigenvalue weighted by atomic mass is 16.5. The highest BCUT2D eigenvalue weighted by Crippen LogP contribution is 2.37. The van der Waals surface area contributed by atoms with E-state index in [0.717, 1.165) is 39.2 Å². The van der Waals surface area contributed by atoms with Crippen LogP contribution in [0.5, 0.6) is 0 Å². The maximum absolute atomic E-state index is 5.78. The van der Waals surface area contributed by atoms with E-state index in [1.807, 2.05) is 0 Å². The molecule has 1 rings (SSSR count). The second-order valence-electron chi connectivity index (χ2n) is 6.38. The van der Waals surface area contributed by atoms with Crippen molar-refractivity contribution in [2.75, 3.05) is 26.4 Å². The fourth-order valence-corrected chi connectivity index (χ4v) is 2.47. The largest absolute Gasteiger partial charge is 0.381 e. The lowest BCUT2D eigenvalue weighted by Crippen LogP contribution is -2.42. The summed E-state index contributed by atoms with van der Waals surface area (Å²) in [7, 11) is 0. The van der Waals surface area contributed by atoms with Gasteiger partial charge < -0.3 is 14.8 Å². The predicted octanol–water partition coefficient (Wildman–Crippen LogP) is 2.84. The summed E-state index contributed by atoms with van der Waals surface area (Å²) < 4.78 is 11.5. The third kappa shape index (κ3) is 4.87. The lowest BCUT2D eigenvalue weighted by atomic mass is 9.78. The summed E-state index contributed by atoms with van der Waals surface area (Å²) in [4.78, 5) is 0. The van der Waals surface area contributed by atoms with Crippen molar-refractivity contribution in [1.82, 2.24) is 5.32 Å². The molecule has 2 unspecified atom stereocenters. The van der Waals surface area contributed by atoms with E-state index < -0.39 is 0 Å². The third-order valence-electron chi connectivity index (χ3n) is 3.89. The number of hydrogen-bond acceptors (Lipinski definition) is 3.